The van der Waals surface area contributed by atoms with Gasteiger partial charge in [-0.15, -0.1) is 0 Å². The van der Waals surface area contributed by atoms with Gasteiger partial charge in [-0.3, -0.25) is 4.79 Å². The van der Waals surface area contributed by atoms with E-state index in [1.165, 1.54) is 0 Å². The number of oxazole rings is 1. The molecule has 1 amide bonds. The second-order valence-corrected chi connectivity index (χ2v) is 2.63. The first-order valence-electron chi connectivity index (χ1n) is 3.53. The summed E-state index contributed by atoms with van der Waals surface area (Å²) in [4.78, 5) is 14.4. The minimum atomic E-state index is -0.746. The van der Waals surface area contributed by atoms with Gasteiger partial charge in [0.15, 0.2) is 5.69 Å². The van der Waals surface area contributed by atoms with Gasteiger partial charge in [-0.05, 0) is 13.8 Å². The van der Waals surface area contributed by atoms with Crippen molar-refractivity contribution in [2.75, 3.05) is 0 Å². The molecule has 0 aliphatic rings. The molecule has 1 rings (SSSR count). The van der Waals surface area contributed by atoms with E-state index >= 15 is 0 Å². The number of carbonyl (C=O) groups excluding carboxylic acids is 1. The van der Waals surface area contributed by atoms with E-state index in [0.29, 0.717) is 0 Å². The smallest absolute Gasteiger partial charge is 0.414 e. The molecule has 5 nitrogen and oxygen atoms in total. The van der Waals surface area contributed by atoms with Crippen LogP contribution in [0.15, 0.2) is 10.7 Å². The molecule has 0 aliphatic heterocycles. The zero-order valence-corrected chi connectivity index (χ0v) is 6.83. The summed E-state index contributed by atoms with van der Waals surface area (Å²) >= 11 is 0. The van der Waals surface area contributed by atoms with E-state index in [4.69, 9.17) is 0 Å². The highest BCUT2D eigenvalue weighted by atomic mass is 16.5. The van der Waals surface area contributed by atoms with Gasteiger partial charge in [0, 0.05) is 6.04 Å². The van der Waals surface area contributed by atoms with E-state index in [9.17, 15) is 9.90 Å². The molecular formula is C7H9N2O3. The highest BCUT2D eigenvalue weighted by Gasteiger charge is 2.12. The van der Waals surface area contributed by atoms with Crippen LogP contribution in [0.2, 0.25) is 0 Å². The van der Waals surface area contributed by atoms with Gasteiger partial charge < -0.3 is 9.73 Å². The average molecular weight is 169 g/mol. The SMILES string of the molecule is CC(C)NC(=O)c1coc([O])n1. The van der Waals surface area contributed by atoms with Crippen LogP contribution in [0, 0.1) is 0 Å². The predicted molar refractivity (Wildman–Crippen MR) is 39.2 cm³/mol. The summed E-state index contributed by atoms with van der Waals surface area (Å²) in [5.41, 5.74) is 0.0219. The number of nitrogens with zero attached hydrogens (tertiary/aromatic N) is 1. The lowest BCUT2D eigenvalue weighted by atomic mass is 10.3. The molecule has 0 aromatic carbocycles. The predicted octanol–water partition coefficient (Wildman–Crippen LogP) is 0.957. The molecular weight excluding hydrogens is 160 g/mol. The second kappa shape index (κ2) is 3.25. The van der Waals surface area contributed by atoms with Crippen LogP contribution >= 0.6 is 0 Å². The van der Waals surface area contributed by atoms with E-state index in [1.807, 2.05) is 13.8 Å². The van der Waals surface area contributed by atoms with Crippen LogP contribution in [0.4, 0.5) is 0 Å². The Kier molecular flexibility index (Phi) is 2.32. The lowest BCUT2D eigenvalue weighted by molar-refractivity contribution is 0.0937. The van der Waals surface area contributed by atoms with Gasteiger partial charge in [-0.1, -0.05) is 0 Å². The molecule has 1 N–H and O–H groups in total. The van der Waals surface area contributed by atoms with Crippen molar-refractivity contribution in [2.24, 2.45) is 0 Å². The standard InChI is InChI=1S/C7H9N2O3/c1-4(2)8-6(10)5-3-12-7(11)9-5/h3-4H,1-2H3,(H,8,10). The Labute approximate surface area is 69.4 Å². The Balaban J connectivity index is 2.65. The summed E-state index contributed by atoms with van der Waals surface area (Å²) in [7, 11) is 0. The van der Waals surface area contributed by atoms with Crippen molar-refractivity contribution in [3.8, 4) is 6.08 Å². The molecule has 1 radical (unpaired) electrons. The average Bonchev–Trinajstić information content (AvgIpc) is 2.34. The lowest BCUT2D eigenvalue weighted by Crippen LogP contribution is -2.30. The first-order valence-corrected chi connectivity index (χ1v) is 3.53. The third-order valence-corrected chi connectivity index (χ3v) is 1.14. The Hall–Kier alpha value is -1.52. The molecule has 0 atom stereocenters. The van der Waals surface area contributed by atoms with E-state index in [0.717, 1.165) is 6.26 Å². The largest absolute Gasteiger partial charge is 0.439 e. The summed E-state index contributed by atoms with van der Waals surface area (Å²) in [5.74, 6) is -0.393. The van der Waals surface area contributed by atoms with Crippen LogP contribution in [-0.2, 0) is 5.11 Å². The third-order valence-electron chi connectivity index (χ3n) is 1.14. The Morgan fingerprint density at radius 1 is 1.67 bits per heavy atom. The molecule has 0 unspecified atom stereocenters. The number of amides is 1. The van der Waals surface area contributed by atoms with Crippen LogP contribution in [0.25, 0.3) is 0 Å². The number of nitrogens with one attached hydrogen (secondary N) is 1. The second-order valence-electron chi connectivity index (χ2n) is 2.63. The van der Waals surface area contributed by atoms with Crippen LogP contribution < -0.4 is 5.32 Å². The molecule has 1 heterocycles. The van der Waals surface area contributed by atoms with Gasteiger partial charge in [0.25, 0.3) is 5.91 Å². The monoisotopic (exact) mass is 169 g/mol. The third kappa shape index (κ3) is 1.98. The lowest BCUT2D eigenvalue weighted by Gasteiger charge is -2.04. The van der Waals surface area contributed by atoms with Crippen molar-refractivity contribution < 1.29 is 14.3 Å². The van der Waals surface area contributed by atoms with Crippen molar-refractivity contribution in [1.29, 1.82) is 0 Å². The van der Waals surface area contributed by atoms with Crippen molar-refractivity contribution in [3.63, 3.8) is 0 Å². The van der Waals surface area contributed by atoms with Gasteiger partial charge in [-0.2, -0.15) is 4.98 Å². The number of aromatic nitrogens is 1. The maximum Gasteiger partial charge on any atom is 0.439 e. The van der Waals surface area contributed by atoms with Crippen LogP contribution in [-0.4, -0.2) is 16.9 Å². The normalized spacial score (nSPS) is 10.2. The van der Waals surface area contributed by atoms with Crippen molar-refractivity contribution in [2.45, 2.75) is 19.9 Å². The van der Waals surface area contributed by atoms with Crippen molar-refractivity contribution in [1.82, 2.24) is 10.3 Å². The summed E-state index contributed by atoms with van der Waals surface area (Å²) in [6, 6.07) is 0.0179. The molecule has 0 aliphatic carbocycles. The molecule has 1 aromatic heterocycles. The van der Waals surface area contributed by atoms with Crippen LogP contribution in [0.1, 0.15) is 24.3 Å². The summed E-state index contributed by atoms with van der Waals surface area (Å²) in [6.07, 6.45) is 0.295. The van der Waals surface area contributed by atoms with E-state index in [1.54, 1.807) is 0 Å². The Morgan fingerprint density at radius 3 is 2.75 bits per heavy atom. The molecule has 0 spiro atoms. The molecule has 65 valence electrons. The van der Waals surface area contributed by atoms with Crippen molar-refractivity contribution >= 4 is 5.91 Å². The highest BCUT2D eigenvalue weighted by molar-refractivity contribution is 5.92. The topological polar surface area (TPSA) is 75.0 Å². The Morgan fingerprint density at radius 2 is 2.33 bits per heavy atom. The molecule has 5 heteroatoms. The highest BCUT2D eigenvalue weighted by Crippen LogP contribution is 2.07. The fourth-order valence-corrected chi connectivity index (χ4v) is 0.698. The first kappa shape index (κ1) is 8.58. The zero-order chi connectivity index (χ0) is 9.14. The summed E-state index contributed by atoms with van der Waals surface area (Å²) < 4.78 is 4.34. The molecule has 1 aromatic rings. The van der Waals surface area contributed by atoms with Crippen LogP contribution in [0.5, 0.6) is 6.08 Å². The van der Waals surface area contributed by atoms with Gasteiger partial charge in [0.05, 0.1) is 0 Å². The fourth-order valence-electron chi connectivity index (χ4n) is 0.698. The molecule has 12 heavy (non-hydrogen) atoms. The summed E-state index contributed by atoms with van der Waals surface area (Å²) in [5, 5.41) is 13.0. The first-order chi connectivity index (χ1) is 5.59. The quantitative estimate of drug-likeness (QED) is 0.716. The molecule has 0 saturated carbocycles. The number of hydrogen-bond donors (Lipinski definition) is 1. The van der Waals surface area contributed by atoms with Gasteiger partial charge in [0.1, 0.15) is 6.26 Å². The van der Waals surface area contributed by atoms with E-state index < -0.39 is 12.0 Å². The maximum absolute atomic E-state index is 11.1. The minimum Gasteiger partial charge on any atom is -0.414 e. The minimum absolute atomic E-state index is 0.0179. The molecule has 0 fully saturated rings. The maximum atomic E-state index is 11.1. The Bertz CT molecular complexity index is 280. The van der Waals surface area contributed by atoms with Crippen LogP contribution in [0.3, 0.4) is 0 Å². The number of rotatable bonds is 2. The summed E-state index contributed by atoms with van der Waals surface area (Å²) in [6.45, 7) is 3.63. The molecule has 0 bridgehead atoms. The van der Waals surface area contributed by atoms with Crippen molar-refractivity contribution in [3.05, 3.63) is 12.0 Å². The van der Waals surface area contributed by atoms with Gasteiger partial charge in [0.2, 0.25) is 0 Å². The fraction of sp³-hybridized carbons (Fsp3) is 0.429. The van der Waals surface area contributed by atoms with E-state index in [-0.39, 0.29) is 11.7 Å². The van der Waals surface area contributed by atoms with E-state index in [2.05, 4.69) is 14.7 Å². The zero-order valence-electron chi connectivity index (χ0n) is 6.83. The molecule has 0 saturated heterocycles. The number of carbonyl (C=O) groups is 1. The van der Waals surface area contributed by atoms with Gasteiger partial charge >= 0.3 is 6.08 Å². The van der Waals surface area contributed by atoms with Gasteiger partial charge in [-0.25, -0.2) is 5.11 Å². The number of hydrogen-bond acceptors (Lipinski definition) is 3.